The van der Waals surface area contributed by atoms with Crippen LogP contribution < -0.4 is 5.32 Å². The van der Waals surface area contributed by atoms with Crippen molar-refractivity contribution in [1.82, 2.24) is 30.3 Å². The van der Waals surface area contributed by atoms with Gasteiger partial charge in [-0.05, 0) is 82.5 Å². The highest BCUT2D eigenvalue weighted by Gasteiger charge is 2.35. The van der Waals surface area contributed by atoms with Crippen LogP contribution in [0.5, 0.6) is 5.75 Å². The number of likely N-dealkylation sites (tertiary alicyclic amines) is 1. The lowest BCUT2D eigenvalue weighted by Gasteiger charge is -2.45. The molecule has 1 atom stereocenters. The molecule has 0 radical (unpaired) electrons. The van der Waals surface area contributed by atoms with Crippen LogP contribution in [0.25, 0.3) is 22.3 Å². The SMILES string of the molecule is C[C@@H]1c2c([nH]c3nnc(-c4ccccc4O)cc23)CCN1C1CCN(C2CCNCC2)CC1. The second-order valence-electron chi connectivity index (χ2n) is 9.94. The van der Waals surface area contributed by atoms with E-state index in [4.69, 9.17) is 0 Å². The quantitative estimate of drug-likeness (QED) is 0.572. The van der Waals surface area contributed by atoms with Crippen LogP contribution in [0, 0.1) is 0 Å². The molecule has 0 spiro atoms. The molecule has 0 amide bonds. The average Bonchev–Trinajstić information content (AvgIpc) is 3.24. The number of hydrogen-bond donors (Lipinski definition) is 3. The van der Waals surface area contributed by atoms with Crippen molar-refractivity contribution in [2.75, 3.05) is 32.7 Å². The first-order valence-corrected chi connectivity index (χ1v) is 12.6. The lowest BCUT2D eigenvalue weighted by Crippen LogP contribution is -2.51. The van der Waals surface area contributed by atoms with E-state index in [2.05, 4.69) is 43.3 Å². The summed E-state index contributed by atoms with van der Waals surface area (Å²) in [6.07, 6.45) is 6.13. The Hall–Kier alpha value is -2.48. The summed E-state index contributed by atoms with van der Waals surface area (Å²) >= 11 is 0. The van der Waals surface area contributed by atoms with E-state index in [1.807, 2.05) is 18.2 Å². The highest BCUT2D eigenvalue weighted by atomic mass is 16.3. The first-order chi connectivity index (χ1) is 16.2. The molecule has 0 bridgehead atoms. The van der Waals surface area contributed by atoms with Gasteiger partial charge in [-0.1, -0.05) is 12.1 Å². The zero-order valence-corrected chi connectivity index (χ0v) is 19.4. The van der Waals surface area contributed by atoms with Gasteiger partial charge in [-0.25, -0.2) is 0 Å². The van der Waals surface area contributed by atoms with Crippen LogP contribution in [0.15, 0.2) is 30.3 Å². The molecule has 6 rings (SSSR count). The number of rotatable bonds is 3. The Morgan fingerprint density at radius 1 is 0.970 bits per heavy atom. The van der Waals surface area contributed by atoms with Crippen molar-refractivity contribution >= 4 is 11.0 Å². The third kappa shape index (κ3) is 3.82. The minimum Gasteiger partial charge on any atom is -0.507 e. The van der Waals surface area contributed by atoms with Crippen LogP contribution in [0.3, 0.4) is 0 Å². The second-order valence-corrected chi connectivity index (χ2v) is 9.94. The molecule has 0 aliphatic carbocycles. The Bertz CT molecular complexity index is 1130. The number of piperidine rings is 2. The van der Waals surface area contributed by atoms with E-state index in [-0.39, 0.29) is 5.75 Å². The van der Waals surface area contributed by atoms with Gasteiger partial charge in [0.15, 0.2) is 5.65 Å². The highest BCUT2D eigenvalue weighted by molar-refractivity contribution is 5.86. The predicted molar refractivity (Wildman–Crippen MR) is 130 cm³/mol. The normalized spacial score (nSPS) is 23.7. The summed E-state index contributed by atoms with van der Waals surface area (Å²) in [6.45, 7) is 8.24. The number of fused-ring (bicyclic) bond motifs is 3. The molecule has 0 saturated carbocycles. The third-order valence-corrected chi connectivity index (χ3v) is 8.19. The maximum Gasteiger partial charge on any atom is 0.160 e. The van der Waals surface area contributed by atoms with E-state index in [1.165, 1.54) is 63.1 Å². The molecule has 7 heteroatoms. The fourth-order valence-electron chi connectivity index (χ4n) is 6.41. The number of phenols is 1. The van der Waals surface area contributed by atoms with Crippen LogP contribution in [-0.4, -0.2) is 74.9 Å². The maximum absolute atomic E-state index is 10.3. The molecular formula is C26H34N6O. The molecule has 3 aliphatic heterocycles. The first-order valence-electron chi connectivity index (χ1n) is 12.6. The summed E-state index contributed by atoms with van der Waals surface area (Å²) in [4.78, 5) is 9.02. The monoisotopic (exact) mass is 446 g/mol. The van der Waals surface area contributed by atoms with Crippen LogP contribution in [0.4, 0.5) is 0 Å². The number of aromatic hydroxyl groups is 1. The fraction of sp³-hybridized carbons (Fsp3) is 0.538. The molecule has 2 saturated heterocycles. The van der Waals surface area contributed by atoms with Crippen LogP contribution in [0.2, 0.25) is 0 Å². The van der Waals surface area contributed by atoms with Gasteiger partial charge in [-0.15, -0.1) is 10.2 Å². The van der Waals surface area contributed by atoms with Crippen molar-refractivity contribution in [1.29, 1.82) is 0 Å². The molecule has 174 valence electrons. The van der Waals surface area contributed by atoms with Gasteiger partial charge >= 0.3 is 0 Å². The van der Waals surface area contributed by atoms with Gasteiger partial charge in [-0.2, -0.15) is 0 Å². The Kier molecular flexibility index (Phi) is 5.56. The Morgan fingerprint density at radius 3 is 2.55 bits per heavy atom. The number of H-pyrrole nitrogens is 1. The molecular weight excluding hydrogens is 412 g/mol. The smallest absolute Gasteiger partial charge is 0.160 e. The molecule has 3 aliphatic rings. The molecule has 33 heavy (non-hydrogen) atoms. The van der Waals surface area contributed by atoms with E-state index < -0.39 is 0 Å². The number of para-hydroxylation sites is 1. The van der Waals surface area contributed by atoms with E-state index in [0.29, 0.717) is 12.1 Å². The summed E-state index contributed by atoms with van der Waals surface area (Å²) in [7, 11) is 0. The average molecular weight is 447 g/mol. The van der Waals surface area contributed by atoms with Gasteiger partial charge in [0.2, 0.25) is 0 Å². The number of phenolic OH excluding ortho intramolecular Hbond substituents is 1. The lowest BCUT2D eigenvalue weighted by molar-refractivity contribution is 0.0501. The largest absolute Gasteiger partial charge is 0.507 e. The zero-order valence-electron chi connectivity index (χ0n) is 19.4. The van der Waals surface area contributed by atoms with E-state index in [9.17, 15) is 5.11 Å². The third-order valence-electron chi connectivity index (χ3n) is 8.19. The van der Waals surface area contributed by atoms with E-state index >= 15 is 0 Å². The van der Waals surface area contributed by atoms with Gasteiger partial charge in [-0.3, -0.25) is 4.90 Å². The number of nitrogens with zero attached hydrogens (tertiary/aromatic N) is 4. The second kappa shape index (κ2) is 8.70. The topological polar surface area (TPSA) is 80.3 Å². The molecule has 2 aromatic heterocycles. The van der Waals surface area contributed by atoms with Crippen molar-refractivity contribution in [2.45, 2.75) is 57.2 Å². The minimum atomic E-state index is 0.241. The van der Waals surface area contributed by atoms with Crippen molar-refractivity contribution in [3.05, 3.63) is 41.6 Å². The molecule has 7 nitrogen and oxygen atoms in total. The number of hydrogen-bond acceptors (Lipinski definition) is 6. The van der Waals surface area contributed by atoms with E-state index in [1.54, 1.807) is 6.07 Å². The van der Waals surface area contributed by atoms with Crippen LogP contribution >= 0.6 is 0 Å². The summed E-state index contributed by atoms with van der Waals surface area (Å²) in [5.41, 5.74) is 4.97. The van der Waals surface area contributed by atoms with Crippen molar-refractivity contribution < 1.29 is 5.11 Å². The lowest BCUT2D eigenvalue weighted by atomic mass is 9.91. The first kappa shape index (κ1) is 21.1. The van der Waals surface area contributed by atoms with Crippen molar-refractivity contribution in [3.8, 4) is 17.0 Å². The summed E-state index contributed by atoms with van der Waals surface area (Å²) < 4.78 is 0. The molecule has 3 N–H and O–H groups in total. The summed E-state index contributed by atoms with van der Waals surface area (Å²) in [5.74, 6) is 0.241. The van der Waals surface area contributed by atoms with Crippen LogP contribution in [-0.2, 0) is 6.42 Å². The summed E-state index contributed by atoms with van der Waals surface area (Å²) in [5, 5.41) is 23.8. The maximum atomic E-state index is 10.3. The molecule has 1 aromatic carbocycles. The van der Waals surface area contributed by atoms with Crippen LogP contribution in [0.1, 0.15) is 49.9 Å². The van der Waals surface area contributed by atoms with Gasteiger partial charge in [0.25, 0.3) is 0 Å². The number of nitrogens with one attached hydrogen (secondary N) is 2. The summed E-state index contributed by atoms with van der Waals surface area (Å²) in [6, 6.07) is 11.2. The standard InChI is InChI=1S/C26H34N6O/c1-17-25-21-16-23(20-4-2-3-5-24(20)33)29-30-26(21)28-22(25)10-15-32(17)19-8-13-31(14-9-19)18-6-11-27-12-7-18/h2-5,16-19,27,33H,6-15H2,1H3,(H,28,30)/t17-/m1/s1. The fourth-order valence-corrected chi connectivity index (χ4v) is 6.41. The molecule has 0 unspecified atom stereocenters. The minimum absolute atomic E-state index is 0.241. The number of aromatic nitrogens is 3. The van der Waals surface area contributed by atoms with Crippen molar-refractivity contribution in [3.63, 3.8) is 0 Å². The highest BCUT2D eigenvalue weighted by Crippen LogP contribution is 2.39. The molecule has 5 heterocycles. The Balaban J connectivity index is 1.24. The zero-order chi connectivity index (χ0) is 22.4. The van der Waals surface area contributed by atoms with E-state index in [0.717, 1.165) is 41.3 Å². The predicted octanol–water partition coefficient (Wildman–Crippen LogP) is 3.47. The van der Waals surface area contributed by atoms with Gasteiger partial charge in [0, 0.05) is 47.7 Å². The van der Waals surface area contributed by atoms with Gasteiger partial charge in [0.05, 0.1) is 5.69 Å². The van der Waals surface area contributed by atoms with Gasteiger partial charge in [0.1, 0.15) is 5.75 Å². The Morgan fingerprint density at radius 2 is 1.76 bits per heavy atom. The number of benzene rings is 1. The molecule has 2 fully saturated rings. The molecule has 3 aromatic rings. The van der Waals surface area contributed by atoms with Crippen molar-refractivity contribution in [2.24, 2.45) is 0 Å². The van der Waals surface area contributed by atoms with Gasteiger partial charge < -0.3 is 20.3 Å². The Labute approximate surface area is 195 Å². The number of aromatic amines is 1.